The van der Waals surface area contributed by atoms with Crippen LogP contribution in [0.15, 0.2) is 30.3 Å². The lowest BCUT2D eigenvalue weighted by atomic mass is 9.94. The van der Waals surface area contributed by atoms with Crippen LogP contribution in [-0.2, 0) is 15.8 Å². The Morgan fingerprint density at radius 2 is 1.70 bits per heavy atom. The van der Waals surface area contributed by atoms with E-state index in [9.17, 15) is 8.42 Å². The second-order valence-electron chi connectivity index (χ2n) is 7.39. The lowest BCUT2D eigenvalue weighted by Crippen LogP contribution is -2.40. The molecule has 1 aromatic carbocycles. The highest BCUT2D eigenvalue weighted by Crippen LogP contribution is 2.23. The zero-order valence-electron chi connectivity index (χ0n) is 16.1. The topological polar surface area (TPSA) is 81.2 Å². The van der Waals surface area contributed by atoms with Gasteiger partial charge in [0.05, 0.1) is 5.75 Å². The Bertz CT molecular complexity index is 871. The standard InChI is InChI=1S/C20H27N3O3S/c1-14-5-4-6-17(11-14)13-27(24,25)23-18-7-9-19(10-8-18)26-20-21-15(2)12-16(3)22-20/h4-6,11-12,18-19,23H,7-10,13H2,1-3H3. The van der Waals surface area contributed by atoms with Crippen molar-refractivity contribution < 1.29 is 13.2 Å². The number of ether oxygens (including phenoxy) is 1. The summed E-state index contributed by atoms with van der Waals surface area (Å²) in [6.07, 6.45) is 3.11. The molecule has 1 aliphatic rings. The molecule has 1 aliphatic carbocycles. The van der Waals surface area contributed by atoms with Gasteiger partial charge in [-0.15, -0.1) is 0 Å². The summed E-state index contributed by atoms with van der Waals surface area (Å²) in [5, 5.41) is 0. The van der Waals surface area contributed by atoms with Crippen molar-refractivity contribution in [3.05, 3.63) is 52.8 Å². The molecule has 0 atom stereocenters. The third-order valence-electron chi connectivity index (χ3n) is 4.69. The van der Waals surface area contributed by atoms with E-state index in [1.807, 2.05) is 51.1 Å². The van der Waals surface area contributed by atoms with Gasteiger partial charge < -0.3 is 4.74 Å². The van der Waals surface area contributed by atoms with Crippen LogP contribution in [0.2, 0.25) is 0 Å². The van der Waals surface area contributed by atoms with Gasteiger partial charge in [-0.2, -0.15) is 0 Å². The second-order valence-corrected chi connectivity index (χ2v) is 9.14. The average molecular weight is 390 g/mol. The van der Waals surface area contributed by atoms with Crippen LogP contribution >= 0.6 is 0 Å². The van der Waals surface area contributed by atoms with Gasteiger partial charge in [-0.1, -0.05) is 29.8 Å². The molecule has 0 radical (unpaired) electrons. The number of aryl methyl sites for hydroxylation is 3. The first-order valence-electron chi connectivity index (χ1n) is 9.33. The minimum absolute atomic E-state index is 0.0154. The molecule has 146 valence electrons. The Morgan fingerprint density at radius 3 is 2.33 bits per heavy atom. The maximum atomic E-state index is 12.5. The van der Waals surface area contributed by atoms with Crippen molar-refractivity contribution in [2.24, 2.45) is 0 Å². The van der Waals surface area contributed by atoms with E-state index in [1.165, 1.54) is 0 Å². The van der Waals surface area contributed by atoms with E-state index in [0.717, 1.165) is 48.2 Å². The van der Waals surface area contributed by atoms with Crippen molar-refractivity contribution >= 4 is 10.0 Å². The normalized spacial score (nSPS) is 20.4. The summed E-state index contributed by atoms with van der Waals surface area (Å²) in [6, 6.07) is 9.89. The fraction of sp³-hybridized carbons (Fsp3) is 0.500. The van der Waals surface area contributed by atoms with Crippen LogP contribution in [0.25, 0.3) is 0 Å². The van der Waals surface area contributed by atoms with Crippen molar-refractivity contribution in [2.45, 2.75) is 64.4 Å². The molecular weight excluding hydrogens is 362 g/mol. The quantitative estimate of drug-likeness (QED) is 0.820. The van der Waals surface area contributed by atoms with E-state index in [4.69, 9.17) is 4.74 Å². The van der Waals surface area contributed by atoms with Crippen molar-refractivity contribution in [1.82, 2.24) is 14.7 Å². The third kappa shape index (κ3) is 6.01. The summed E-state index contributed by atoms with van der Waals surface area (Å²) < 4.78 is 33.7. The number of rotatable bonds is 6. The molecule has 0 amide bonds. The number of nitrogens with zero attached hydrogens (tertiary/aromatic N) is 2. The van der Waals surface area contributed by atoms with Gasteiger partial charge in [0.25, 0.3) is 0 Å². The maximum Gasteiger partial charge on any atom is 0.317 e. The molecule has 0 aliphatic heterocycles. The monoisotopic (exact) mass is 389 g/mol. The number of hydrogen-bond acceptors (Lipinski definition) is 5. The molecular formula is C20H27N3O3S. The fourth-order valence-corrected chi connectivity index (χ4v) is 4.96. The van der Waals surface area contributed by atoms with Gasteiger partial charge in [0.2, 0.25) is 10.0 Å². The highest BCUT2D eigenvalue weighted by Gasteiger charge is 2.26. The Balaban J connectivity index is 1.51. The molecule has 0 saturated heterocycles. The SMILES string of the molecule is Cc1cccc(CS(=O)(=O)NC2CCC(Oc3nc(C)cc(C)n3)CC2)c1. The zero-order chi connectivity index (χ0) is 19.4. The van der Waals surface area contributed by atoms with Gasteiger partial charge in [0.1, 0.15) is 6.10 Å². The van der Waals surface area contributed by atoms with Crippen LogP contribution < -0.4 is 9.46 Å². The lowest BCUT2D eigenvalue weighted by molar-refractivity contribution is 0.131. The Labute approximate surface area is 161 Å². The highest BCUT2D eigenvalue weighted by atomic mass is 32.2. The van der Waals surface area contributed by atoms with Gasteiger partial charge in [-0.3, -0.25) is 0 Å². The first kappa shape index (κ1) is 19.8. The summed E-state index contributed by atoms with van der Waals surface area (Å²) in [5.74, 6) is 0.0154. The van der Waals surface area contributed by atoms with E-state index in [0.29, 0.717) is 6.01 Å². The number of sulfonamides is 1. The first-order chi connectivity index (χ1) is 12.8. The minimum Gasteiger partial charge on any atom is -0.460 e. The predicted molar refractivity (Wildman–Crippen MR) is 105 cm³/mol. The molecule has 1 fully saturated rings. The van der Waals surface area contributed by atoms with Crippen LogP contribution in [-0.4, -0.2) is 30.5 Å². The van der Waals surface area contributed by atoms with Crippen molar-refractivity contribution in [2.75, 3.05) is 0 Å². The van der Waals surface area contributed by atoms with Gasteiger partial charge in [0, 0.05) is 17.4 Å². The molecule has 0 spiro atoms. The molecule has 7 heteroatoms. The molecule has 0 unspecified atom stereocenters. The van der Waals surface area contributed by atoms with E-state index in [2.05, 4.69) is 14.7 Å². The molecule has 1 aromatic heterocycles. The van der Waals surface area contributed by atoms with Crippen LogP contribution in [0.3, 0.4) is 0 Å². The lowest BCUT2D eigenvalue weighted by Gasteiger charge is -2.28. The number of benzene rings is 1. The number of nitrogens with one attached hydrogen (secondary N) is 1. The second kappa shape index (κ2) is 8.35. The third-order valence-corrected chi connectivity index (χ3v) is 6.10. The summed E-state index contributed by atoms with van der Waals surface area (Å²) in [6.45, 7) is 5.80. The summed E-state index contributed by atoms with van der Waals surface area (Å²) in [7, 11) is -3.35. The average Bonchev–Trinajstić information content (AvgIpc) is 2.55. The first-order valence-corrected chi connectivity index (χ1v) is 11.0. The fourth-order valence-electron chi connectivity index (χ4n) is 3.51. The van der Waals surface area contributed by atoms with Crippen molar-refractivity contribution in [3.63, 3.8) is 0 Å². The number of aromatic nitrogens is 2. The molecule has 3 rings (SSSR count). The molecule has 1 heterocycles. The van der Waals surface area contributed by atoms with Gasteiger partial charge >= 0.3 is 6.01 Å². The Morgan fingerprint density at radius 1 is 1.04 bits per heavy atom. The van der Waals surface area contributed by atoms with Crippen LogP contribution in [0.1, 0.15) is 48.2 Å². The van der Waals surface area contributed by atoms with Gasteiger partial charge in [-0.05, 0) is 58.1 Å². The van der Waals surface area contributed by atoms with E-state index in [1.54, 1.807) is 0 Å². The Kier molecular flexibility index (Phi) is 6.11. The minimum atomic E-state index is -3.35. The van der Waals surface area contributed by atoms with Crippen molar-refractivity contribution in [3.8, 4) is 6.01 Å². The van der Waals surface area contributed by atoms with Crippen LogP contribution in [0.4, 0.5) is 0 Å². The van der Waals surface area contributed by atoms with E-state index < -0.39 is 10.0 Å². The molecule has 1 N–H and O–H groups in total. The molecule has 2 aromatic rings. The van der Waals surface area contributed by atoms with E-state index >= 15 is 0 Å². The zero-order valence-corrected chi connectivity index (χ0v) is 16.9. The molecule has 0 bridgehead atoms. The molecule has 27 heavy (non-hydrogen) atoms. The predicted octanol–water partition coefficient (Wildman–Crippen LogP) is 3.21. The van der Waals surface area contributed by atoms with Crippen LogP contribution in [0.5, 0.6) is 6.01 Å². The Hall–Kier alpha value is -1.99. The molecule has 6 nitrogen and oxygen atoms in total. The maximum absolute atomic E-state index is 12.5. The summed E-state index contributed by atoms with van der Waals surface area (Å²) in [4.78, 5) is 8.63. The summed E-state index contributed by atoms with van der Waals surface area (Å²) in [5.41, 5.74) is 3.64. The van der Waals surface area contributed by atoms with Crippen LogP contribution in [0, 0.1) is 20.8 Å². The van der Waals surface area contributed by atoms with Gasteiger partial charge in [-0.25, -0.2) is 23.1 Å². The molecule has 1 saturated carbocycles. The largest absolute Gasteiger partial charge is 0.460 e. The smallest absolute Gasteiger partial charge is 0.317 e. The highest BCUT2D eigenvalue weighted by molar-refractivity contribution is 7.88. The summed E-state index contributed by atoms with van der Waals surface area (Å²) >= 11 is 0. The van der Waals surface area contributed by atoms with E-state index in [-0.39, 0.29) is 17.9 Å². The number of hydrogen-bond donors (Lipinski definition) is 1. The van der Waals surface area contributed by atoms with Gasteiger partial charge in [0.15, 0.2) is 0 Å². The van der Waals surface area contributed by atoms with Crippen molar-refractivity contribution in [1.29, 1.82) is 0 Å².